The second-order valence-electron chi connectivity index (χ2n) is 24.3. The number of para-hydroxylation sites is 1. The summed E-state index contributed by atoms with van der Waals surface area (Å²) in [7, 11) is 0. The Kier molecular flexibility index (Phi) is 18.6. The zero-order chi connectivity index (χ0) is 55.2. The number of fused-ring (bicyclic) bond motifs is 3. The number of hydrogen-bond acceptors (Lipinski definition) is 2. The van der Waals surface area contributed by atoms with Crippen LogP contribution in [-0.4, -0.2) is 12.1 Å². The molecule has 0 saturated heterocycles. The maximum Gasteiger partial charge on any atom is 0.130 e. The topological polar surface area (TPSA) is 12.5 Å². The van der Waals surface area contributed by atoms with Gasteiger partial charge >= 0.3 is 0 Å². The molecule has 2 nitrogen and oxygen atoms in total. The van der Waals surface area contributed by atoms with Crippen LogP contribution in [0.15, 0.2) is 163 Å². The van der Waals surface area contributed by atoms with Gasteiger partial charge in [0.15, 0.2) is 0 Å². The number of hydrogen-bond donors (Lipinski definition) is 0. The van der Waals surface area contributed by atoms with E-state index in [4.69, 9.17) is 4.74 Å². The fourth-order valence-electron chi connectivity index (χ4n) is 13.0. The molecule has 5 aromatic carbocycles. The smallest absolute Gasteiger partial charge is 0.130 e. The minimum absolute atomic E-state index is 0.228. The number of allylic oxidation sites excluding steroid dienone is 11. The molecule has 5 aromatic rings. The molecule has 0 radical (unpaired) electrons. The normalized spacial score (nSPS) is 21.3. The highest BCUT2D eigenvalue weighted by atomic mass is 16.5. The molecule has 0 amide bonds. The van der Waals surface area contributed by atoms with Crippen molar-refractivity contribution >= 4 is 28.1 Å². The highest BCUT2D eigenvalue weighted by Crippen LogP contribution is 2.52. The zero-order valence-electron chi connectivity index (χ0n) is 49.9. The minimum Gasteiger partial charge on any atom is -0.485 e. The SMILES string of the molecule is C=Cc1c(C)cccc1C1C=CC=C(N(c2ccc(C(C)C)cc2)C2C=C(CC(C)C)c3ccc4c(C)cc(CC(C)C)c5c4c3C2CC5)C1.CC.CC1=CC=CC2c3cccc(C)c3OC12.CC1C=CC(C(C)C)=CC1. The van der Waals surface area contributed by atoms with Crippen LogP contribution in [0.5, 0.6) is 5.75 Å². The van der Waals surface area contributed by atoms with E-state index in [0.29, 0.717) is 41.4 Å². The second kappa shape index (κ2) is 25.1. The highest BCUT2D eigenvalue weighted by molar-refractivity contribution is 5.98. The van der Waals surface area contributed by atoms with Crippen LogP contribution >= 0.6 is 0 Å². The molecule has 0 spiro atoms. The summed E-state index contributed by atoms with van der Waals surface area (Å²) >= 11 is 0. The van der Waals surface area contributed by atoms with Crippen LogP contribution in [-0.2, 0) is 12.8 Å². The van der Waals surface area contributed by atoms with Crippen molar-refractivity contribution in [3.63, 3.8) is 0 Å². The summed E-state index contributed by atoms with van der Waals surface area (Å²) in [5, 5.41) is 3.04. The largest absolute Gasteiger partial charge is 0.485 e. The molecule has 77 heavy (non-hydrogen) atoms. The highest BCUT2D eigenvalue weighted by Gasteiger charge is 2.40. The average molecular weight is 1020 g/mol. The Morgan fingerprint density at radius 2 is 1.44 bits per heavy atom. The van der Waals surface area contributed by atoms with Crippen molar-refractivity contribution in [2.24, 2.45) is 23.7 Å². The molecule has 6 atom stereocenters. The maximum atomic E-state index is 6.03. The number of ether oxygens (including phenoxy) is 1. The van der Waals surface area contributed by atoms with Crippen molar-refractivity contribution in [2.45, 2.75) is 178 Å². The Balaban J connectivity index is 0.000000234. The van der Waals surface area contributed by atoms with Gasteiger partial charge in [-0.2, -0.15) is 0 Å². The Morgan fingerprint density at radius 3 is 2.10 bits per heavy atom. The van der Waals surface area contributed by atoms with Crippen LogP contribution < -0.4 is 9.64 Å². The minimum atomic E-state index is 0.228. The summed E-state index contributed by atoms with van der Waals surface area (Å²) in [4.78, 5) is 2.76. The van der Waals surface area contributed by atoms with E-state index in [1.54, 1.807) is 22.1 Å². The standard InChI is InChI=1S/C49H57N.C14H14O.C10H16.C2H6/c1-10-41-33(8)13-11-16-43(41)36-14-12-15-40(28-36)50(39-19-17-35(18-20-39)32(6)7)47-29-38(26-31(4)5)45-22-21-42-34(9)27-37(25-30(2)3)44-23-24-46(47)49(45)48(42)44;1-9-5-3-7-11-12-8-4-6-10(2)14(12)15-13(9)11;1-8(2)10-6-4-9(3)5-7-10;1-2/h10-22,27,29-32,36,46-47H,1,23-26,28H2,2-9H3;3-8,11,13H,1-2H3;4,6-9H,5H2,1-3H3;1-2H3. The summed E-state index contributed by atoms with van der Waals surface area (Å²) in [6.07, 6.45) is 32.3. The van der Waals surface area contributed by atoms with E-state index < -0.39 is 0 Å². The summed E-state index contributed by atoms with van der Waals surface area (Å²) < 4.78 is 6.03. The number of aryl methyl sites for hydroxylation is 4. The third kappa shape index (κ3) is 12.3. The molecule has 1 heterocycles. The molecule has 0 fully saturated rings. The third-order valence-electron chi connectivity index (χ3n) is 17.0. The van der Waals surface area contributed by atoms with E-state index in [-0.39, 0.29) is 12.1 Å². The predicted molar refractivity (Wildman–Crippen MR) is 337 cm³/mol. The van der Waals surface area contributed by atoms with Gasteiger partial charge in [0.1, 0.15) is 11.9 Å². The molecule has 1 aliphatic heterocycles. The Hall–Kier alpha value is -6.12. The van der Waals surface area contributed by atoms with E-state index >= 15 is 0 Å². The van der Waals surface area contributed by atoms with Gasteiger partial charge in [-0.25, -0.2) is 0 Å². The quantitative estimate of drug-likeness (QED) is 0.131. The van der Waals surface area contributed by atoms with Crippen LogP contribution in [0, 0.1) is 44.4 Å². The monoisotopic (exact) mass is 1020 g/mol. The first-order chi connectivity index (χ1) is 37.0. The van der Waals surface area contributed by atoms with E-state index in [9.17, 15) is 0 Å². The molecule has 0 saturated carbocycles. The first kappa shape index (κ1) is 57.1. The lowest BCUT2D eigenvalue weighted by atomic mass is 9.68. The third-order valence-corrected chi connectivity index (χ3v) is 17.0. The summed E-state index contributed by atoms with van der Waals surface area (Å²) in [6.45, 7) is 37.9. The predicted octanol–water partition coefficient (Wildman–Crippen LogP) is 20.9. The fourth-order valence-corrected chi connectivity index (χ4v) is 13.0. The van der Waals surface area contributed by atoms with Crippen molar-refractivity contribution in [3.8, 4) is 5.75 Å². The van der Waals surface area contributed by atoms with Gasteiger partial charge in [0, 0.05) is 34.7 Å². The second-order valence-corrected chi connectivity index (χ2v) is 24.3. The molecule has 5 aliphatic carbocycles. The number of rotatable bonds is 11. The van der Waals surface area contributed by atoms with Gasteiger partial charge in [-0.15, -0.1) is 0 Å². The van der Waals surface area contributed by atoms with Crippen LogP contribution in [0.4, 0.5) is 5.69 Å². The van der Waals surface area contributed by atoms with Crippen LogP contribution in [0.3, 0.4) is 0 Å². The molecular formula is C75H93NO. The van der Waals surface area contributed by atoms with Crippen molar-refractivity contribution in [2.75, 3.05) is 4.90 Å². The van der Waals surface area contributed by atoms with E-state index in [0.717, 1.165) is 37.4 Å². The van der Waals surface area contributed by atoms with Crippen molar-refractivity contribution in [1.82, 2.24) is 0 Å². The molecule has 6 unspecified atom stereocenters. The molecule has 404 valence electrons. The fraction of sp³-hybridized carbons (Fsp3) is 0.413. The average Bonchev–Trinajstić information content (AvgIpc) is 3.93. The van der Waals surface area contributed by atoms with Gasteiger partial charge in [-0.05, 0) is 197 Å². The lowest BCUT2D eigenvalue weighted by Gasteiger charge is -2.45. The van der Waals surface area contributed by atoms with Crippen LogP contribution in [0.25, 0.3) is 22.4 Å². The van der Waals surface area contributed by atoms with E-state index in [2.05, 4.69) is 247 Å². The van der Waals surface area contributed by atoms with Gasteiger partial charge < -0.3 is 9.64 Å². The maximum absolute atomic E-state index is 6.03. The molecule has 0 bridgehead atoms. The molecule has 0 aromatic heterocycles. The van der Waals surface area contributed by atoms with E-state index in [1.165, 1.54) is 90.8 Å². The Bertz CT molecular complexity index is 3130. The van der Waals surface area contributed by atoms with Crippen LogP contribution in [0.1, 0.15) is 194 Å². The van der Waals surface area contributed by atoms with Crippen molar-refractivity contribution < 1.29 is 4.74 Å². The molecule has 11 rings (SSSR count). The lowest BCUT2D eigenvalue weighted by Crippen LogP contribution is -2.42. The van der Waals surface area contributed by atoms with Gasteiger partial charge in [-0.1, -0.05) is 210 Å². The van der Waals surface area contributed by atoms with Gasteiger partial charge in [-0.3, -0.25) is 0 Å². The lowest BCUT2D eigenvalue weighted by molar-refractivity contribution is 0.254. The Morgan fingerprint density at radius 1 is 0.740 bits per heavy atom. The van der Waals surface area contributed by atoms with Gasteiger partial charge in [0.25, 0.3) is 0 Å². The van der Waals surface area contributed by atoms with E-state index in [1.807, 2.05) is 13.8 Å². The molecular weight excluding hydrogens is 931 g/mol. The van der Waals surface area contributed by atoms with Crippen LogP contribution in [0.2, 0.25) is 0 Å². The summed E-state index contributed by atoms with van der Waals surface area (Å²) in [5.74, 6) is 5.41. The molecule has 2 heteroatoms. The van der Waals surface area contributed by atoms with Gasteiger partial charge in [0.05, 0.1) is 6.04 Å². The number of nitrogens with zero attached hydrogens (tertiary/aromatic N) is 1. The van der Waals surface area contributed by atoms with Crippen molar-refractivity contribution in [3.05, 3.63) is 224 Å². The Labute approximate surface area is 467 Å². The number of anilines is 1. The van der Waals surface area contributed by atoms with Gasteiger partial charge in [0.2, 0.25) is 0 Å². The molecule has 6 aliphatic rings. The zero-order valence-corrected chi connectivity index (χ0v) is 49.9. The first-order valence-corrected chi connectivity index (χ1v) is 29.8. The first-order valence-electron chi connectivity index (χ1n) is 29.8. The number of benzene rings is 5. The van der Waals surface area contributed by atoms with Crippen molar-refractivity contribution in [1.29, 1.82) is 0 Å². The summed E-state index contributed by atoms with van der Waals surface area (Å²) in [6, 6.07) is 30.4. The molecule has 0 N–H and O–H groups in total. The summed E-state index contributed by atoms with van der Waals surface area (Å²) in [5.41, 5.74) is 22.7.